The van der Waals surface area contributed by atoms with Crippen molar-refractivity contribution in [3.8, 4) is 0 Å². The van der Waals surface area contributed by atoms with Crippen LogP contribution in [-0.2, 0) is 10.0 Å². The topological polar surface area (TPSA) is 66.7 Å². The maximum absolute atomic E-state index is 13.0. The Kier molecular flexibility index (Phi) is 3.65. The van der Waals surface area contributed by atoms with E-state index < -0.39 is 10.0 Å². The standard InChI is InChI=1S/C17H21N3O3S/c1-12-17(13(2)23-18-12)24(21,22)19-10-14-8-9-20(16(14)11-19)15-6-4-3-5-7-15/h3-7,14,16H,8-11H2,1-2H3/t14-,16+/m1/s1. The fourth-order valence-corrected chi connectivity index (χ4v) is 5.84. The number of hydrogen-bond acceptors (Lipinski definition) is 5. The Morgan fingerprint density at radius 1 is 1.17 bits per heavy atom. The van der Waals surface area contributed by atoms with Gasteiger partial charge >= 0.3 is 0 Å². The number of aryl methyl sites for hydroxylation is 2. The average molecular weight is 347 g/mol. The summed E-state index contributed by atoms with van der Waals surface area (Å²) >= 11 is 0. The van der Waals surface area contributed by atoms with Crippen molar-refractivity contribution in [1.29, 1.82) is 0 Å². The lowest BCUT2D eigenvalue weighted by Gasteiger charge is -2.26. The second kappa shape index (κ2) is 5.60. The molecular weight excluding hydrogens is 326 g/mol. The normalized spacial score (nSPS) is 24.5. The van der Waals surface area contributed by atoms with Gasteiger partial charge in [0, 0.05) is 31.4 Å². The summed E-state index contributed by atoms with van der Waals surface area (Å²) in [5.74, 6) is 0.741. The summed E-state index contributed by atoms with van der Waals surface area (Å²) in [6, 6.07) is 10.5. The molecule has 1 aromatic heterocycles. The molecule has 2 saturated heterocycles. The van der Waals surface area contributed by atoms with Crippen LogP contribution < -0.4 is 4.90 Å². The van der Waals surface area contributed by atoms with Gasteiger partial charge in [-0.15, -0.1) is 0 Å². The molecule has 2 aromatic rings. The third-order valence-electron chi connectivity index (χ3n) is 5.17. The van der Waals surface area contributed by atoms with Crippen molar-refractivity contribution in [3.05, 3.63) is 41.8 Å². The van der Waals surface area contributed by atoms with Crippen LogP contribution in [0.25, 0.3) is 0 Å². The van der Waals surface area contributed by atoms with E-state index in [-0.39, 0.29) is 10.9 Å². The number of rotatable bonds is 3. The molecule has 3 heterocycles. The zero-order chi connectivity index (χ0) is 16.9. The molecule has 0 N–H and O–H groups in total. The van der Waals surface area contributed by atoms with E-state index in [4.69, 9.17) is 4.52 Å². The van der Waals surface area contributed by atoms with Crippen molar-refractivity contribution in [2.75, 3.05) is 24.5 Å². The van der Waals surface area contributed by atoms with E-state index in [1.54, 1.807) is 18.2 Å². The van der Waals surface area contributed by atoms with E-state index >= 15 is 0 Å². The first-order chi connectivity index (χ1) is 11.5. The molecule has 0 spiro atoms. The summed E-state index contributed by atoms with van der Waals surface area (Å²) in [7, 11) is -3.55. The molecule has 2 aliphatic rings. The van der Waals surface area contributed by atoms with Crippen LogP contribution in [-0.4, -0.2) is 43.6 Å². The lowest BCUT2D eigenvalue weighted by Crippen LogP contribution is -2.37. The number of anilines is 1. The van der Waals surface area contributed by atoms with Crippen molar-refractivity contribution in [1.82, 2.24) is 9.46 Å². The van der Waals surface area contributed by atoms with E-state index in [2.05, 4.69) is 22.2 Å². The molecule has 2 fully saturated rings. The highest BCUT2D eigenvalue weighted by Gasteiger charge is 2.46. The Balaban J connectivity index is 1.61. The lowest BCUT2D eigenvalue weighted by atomic mass is 10.1. The van der Waals surface area contributed by atoms with Crippen LogP contribution in [0.15, 0.2) is 39.8 Å². The first kappa shape index (κ1) is 15.7. The Morgan fingerprint density at radius 3 is 2.58 bits per heavy atom. The van der Waals surface area contributed by atoms with Crippen molar-refractivity contribution in [3.63, 3.8) is 0 Å². The van der Waals surface area contributed by atoms with E-state index in [1.165, 1.54) is 5.69 Å². The summed E-state index contributed by atoms with van der Waals surface area (Å²) in [6.45, 7) is 5.40. The zero-order valence-electron chi connectivity index (χ0n) is 13.8. The van der Waals surface area contributed by atoms with Gasteiger partial charge in [-0.2, -0.15) is 4.31 Å². The van der Waals surface area contributed by atoms with Gasteiger partial charge in [0.05, 0.1) is 0 Å². The van der Waals surface area contributed by atoms with E-state index in [9.17, 15) is 8.42 Å². The summed E-state index contributed by atoms with van der Waals surface area (Å²) in [5, 5.41) is 3.80. The maximum atomic E-state index is 13.0. The van der Waals surface area contributed by atoms with Crippen LogP contribution in [0.5, 0.6) is 0 Å². The zero-order valence-corrected chi connectivity index (χ0v) is 14.7. The summed E-state index contributed by atoms with van der Waals surface area (Å²) in [6.07, 6.45) is 1.02. The number of para-hydroxylation sites is 1. The average Bonchev–Trinajstić information content (AvgIpc) is 3.22. The molecule has 2 atom stereocenters. The largest absolute Gasteiger partial charge is 0.367 e. The van der Waals surface area contributed by atoms with Gasteiger partial charge in [0.25, 0.3) is 0 Å². The van der Waals surface area contributed by atoms with Gasteiger partial charge in [-0.25, -0.2) is 8.42 Å². The maximum Gasteiger partial charge on any atom is 0.248 e. The Bertz CT molecular complexity index is 828. The Hall–Kier alpha value is -1.86. The molecule has 4 rings (SSSR count). The fourth-order valence-electron chi connectivity index (χ4n) is 4.03. The number of sulfonamides is 1. The molecule has 0 bridgehead atoms. The van der Waals surface area contributed by atoms with Crippen LogP contribution in [0.3, 0.4) is 0 Å². The predicted octanol–water partition coefficient (Wildman–Crippen LogP) is 2.19. The third kappa shape index (κ3) is 2.34. The quantitative estimate of drug-likeness (QED) is 0.851. The van der Waals surface area contributed by atoms with E-state index in [0.717, 1.165) is 13.0 Å². The van der Waals surface area contributed by atoms with Gasteiger partial charge in [0.2, 0.25) is 10.0 Å². The highest BCUT2D eigenvalue weighted by Crippen LogP contribution is 2.37. The monoisotopic (exact) mass is 347 g/mol. The molecular formula is C17H21N3O3S. The molecule has 0 unspecified atom stereocenters. The molecule has 0 radical (unpaired) electrons. The SMILES string of the molecule is Cc1noc(C)c1S(=O)(=O)N1C[C@H]2CCN(c3ccccc3)[C@H]2C1. The minimum absolute atomic E-state index is 0.230. The smallest absolute Gasteiger partial charge is 0.248 e. The minimum Gasteiger partial charge on any atom is -0.367 e. The summed E-state index contributed by atoms with van der Waals surface area (Å²) in [5.41, 5.74) is 1.60. The van der Waals surface area contributed by atoms with Gasteiger partial charge in [0.15, 0.2) is 5.76 Å². The minimum atomic E-state index is -3.55. The van der Waals surface area contributed by atoms with Gasteiger partial charge < -0.3 is 9.42 Å². The highest BCUT2D eigenvalue weighted by molar-refractivity contribution is 7.89. The molecule has 2 aliphatic heterocycles. The van der Waals surface area contributed by atoms with Crippen LogP contribution >= 0.6 is 0 Å². The predicted molar refractivity (Wildman–Crippen MR) is 90.4 cm³/mol. The molecule has 0 saturated carbocycles. The molecule has 7 heteroatoms. The number of aromatic nitrogens is 1. The van der Waals surface area contributed by atoms with Crippen molar-refractivity contribution >= 4 is 15.7 Å². The number of hydrogen-bond donors (Lipinski definition) is 0. The van der Waals surface area contributed by atoms with Gasteiger partial charge in [-0.1, -0.05) is 23.4 Å². The van der Waals surface area contributed by atoms with Crippen LogP contribution in [0, 0.1) is 19.8 Å². The highest BCUT2D eigenvalue weighted by atomic mass is 32.2. The Labute approximate surface area is 142 Å². The van der Waals surface area contributed by atoms with Crippen molar-refractivity contribution < 1.29 is 12.9 Å². The number of nitrogens with zero attached hydrogens (tertiary/aromatic N) is 3. The Morgan fingerprint density at radius 2 is 1.92 bits per heavy atom. The molecule has 24 heavy (non-hydrogen) atoms. The first-order valence-corrected chi connectivity index (χ1v) is 9.67. The second-order valence-corrected chi connectivity index (χ2v) is 8.50. The van der Waals surface area contributed by atoms with Gasteiger partial charge in [-0.05, 0) is 38.3 Å². The van der Waals surface area contributed by atoms with Gasteiger partial charge in [0.1, 0.15) is 10.6 Å². The molecule has 128 valence electrons. The number of fused-ring (bicyclic) bond motifs is 1. The second-order valence-electron chi connectivity index (χ2n) is 6.62. The molecule has 0 amide bonds. The van der Waals surface area contributed by atoms with Crippen molar-refractivity contribution in [2.24, 2.45) is 5.92 Å². The molecule has 0 aliphatic carbocycles. The van der Waals surface area contributed by atoms with Gasteiger partial charge in [-0.3, -0.25) is 0 Å². The van der Waals surface area contributed by atoms with E-state index in [0.29, 0.717) is 30.5 Å². The fraction of sp³-hybridized carbons (Fsp3) is 0.471. The molecule has 1 aromatic carbocycles. The van der Waals surface area contributed by atoms with Crippen LogP contribution in [0.2, 0.25) is 0 Å². The molecule has 6 nitrogen and oxygen atoms in total. The van der Waals surface area contributed by atoms with Crippen molar-refractivity contribution in [2.45, 2.75) is 31.2 Å². The summed E-state index contributed by atoms with van der Waals surface area (Å²) in [4.78, 5) is 2.57. The lowest BCUT2D eigenvalue weighted by molar-refractivity contribution is 0.389. The first-order valence-electron chi connectivity index (χ1n) is 8.23. The van der Waals surface area contributed by atoms with Crippen LogP contribution in [0.4, 0.5) is 5.69 Å². The van der Waals surface area contributed by atoms with Crippen LogP contribution in [0.1, 0.15) is 17.9 Å². The number of benzene rings is 1. The third-order valence-corrected chi connectivity index (χ3v) is 7.24. The van der Waals surface area contributed by atoms with E-state index in [1.807, 2.05) is 18.2 Å². The summed E-state index contributed by atoms with van der Waals surface area (Å²) < 4.78 is 32.7.